The van der Waals surface area contributed by atoms with Crippen molar-refractivity contribution in [3.8, 4) is 0 Å². The lowest BCUT2D eigenvalue weighted by Crippen LogP contribution is -2.38. The summed E-state index contributed by atoms with van der Waals surface area (Å²) >= 11 is 0. The fourth-order valence-electron chi connectivity index (χ4n) is 2.92. The molecule has 0 spiro atoms. The Bertz CT molecular complexity index is 743. The average Bonchev–Trinajstić information content (AvgIpc) is 2.61. The van der Waals surface area contributed by atoms with Crippen molar-refractivity contribution in [1.82, 2.24) is 4.90 Å². The summed E-state index contributed by atoms with van der Waals surface area (Å²) in [5.41, 5.74) is 4.23. The number of fused-ring (bicyclic) bond motifs is 1. The van der Waals surface area contributed by atoms with E-state index in [0.29, 0.717) is 18.8 Å². The van der Waals surface area contributed by atoms with Crippen LogP contribution in [0.4, 0.5) is 0 Å². The van der Waals surface area contributed by atoms with Gasteiger partial charge in [0.15, 0.2) is 0 Å². The highest BCUT2D eigenvalue weighted by Crippen LogP contribution is 2.18. The lowest BCUT2D eigenvalue weighted by atomic mass is 10.00. The highest BCUT2D eigenvalue weighted by molar-refractivity contribution is 7.84. The standard InChI is InChI=1S/C19H21NO3S/c21-12-15-5-7-16(8-6-15)13-24(23)14-19(22)20-10-9-17-3-1-2-4-18(17)11-20/h1-8,21H,9-14H2. The van der Waals surface area contributed by atoms with Crippen molar-refractivity contribution in [2.45, 2.75) is 25.3 Å². The molecule has 1 aliphatic rings. The maximum Gasteiger partial charge on any atom is 0.235 e. The molecule has 0 fully saturated rings. The van der Waals surface area contributed by atoms with Gasteiger partial charge in [-0.15, -0.1) is 0 Å². The average molecular weight is 343 g/mol. The zero-order valence-electron chi connectivity index (χ0n) is 13.5. The molecule has 1 atom stereocenters. The van der Waals surface area contributed by atoms with Gasteiger partial charge in [0.25, 0.3) is 0 Å². The SMILES string of the molecule is O=C(CS(=O)Cc1ccc(CO)cc1)N1CCc2ccccc2C1. The van der Waals surface area contributed by atoms with Crippen molar-refractivity contribution in [1.29, 1.82) is 0 Å². The quantitative estimate of drug-likeness (QED) is 0.903. The summed E-state index contributed by atoms with van der Waals surface area (Å²) in [6.45, 7) is 1.30. The van der Waals surface area contributed by atoms with Gasteiger partial charge in [0.1, 0.15) is 5.75 Å². The monoisotopic (exact) mass is 343 g/mol. The van der Waals surface area contributed by atoms with Gasteiger partial charge in [0, 0.05) is 29.6 Å². The summed E-state index contributed by atoms with van der Waals surface area (Å²) in [5.74, 6) is 0.376. The van der Waals surface area contributed by atoms with E-state index in [2.05, 4.69) is 12.1 Å². The molecule has 126 valence electrons. The molecule has 1 N–H and O–H groups in total. The highest BCUT2D eigenvalue weighted by atomic mass is 32.2. The van der Waals surface area contributed by atoms with Crippen molar-refractivity contribution in [2.24, 2.45) is 0 Å². The minimum Gasteiger partial charge on any atom is -0.392 e. The Hall–Kier alpha value is -1.98. The molecule has 0 bridgehead atoms. The van der Waals surface area contributed by atoms with Gasteiger partial charge in [-0.1, -0.05) is 48.5 Å². The van der Waals surface area contributed by atoms with Crippen LogP contribution in [0, 0.1) is 0 Å². The summed E-state index contributed by atoms with van der Waals surface area (Å²) in [4.78, 5) is 14.2. The van der Waals surface area contributed by atoms with Crippen LogP contribution in [0.1, 0.15) is 22.3 Å². The van der Waals surface area contributed by atoms with Crippen molar-refractivity contribution in [3.05, 3.63) is 70.8 Å². The number of nitrogens with zero attached hydrogens (tertiary/aromatic N) is 1. The van der Waals surface area contributed by atoms with Gasteiger partial charge in [0.05, 0.1) is 6.61 Å². The summed E-state index contributed by atoms with van der Waals surface area (Å²) in [5, 5.41) is 9.03. The molecule has 0 aromatic heterocycles. The van der Waals surface area contributed by atoms with E-state index in [1.165, 1.54) is 11.1 Å². The number of carbonyl (C=O) groups excluding carboxylic acids is 1. The summed E-state index contributed by atoms with van der Waals surface area (Å²) in [6, 6.07) is 15.5. The molecular weight excluding hydrogens is 322 g/mol. The second-order valence-corrected chi connectivity index (χ2v) is 7.49. The highest BCUT2D eigenvalue weighted by Gasteiger charge is 2.21. The lowest BCUT2D eigenvalue weighted by Gasteiger charge is -2.28. The number of carbonyl (C=O) groups is 1. The van der Waals surface area contributed by atoms with Gasteiger partial charge in [-0.2, -0.15) is 0 Å². The fourth-order valence-corrected chi connectivity index (χ4v) is 4.04. The molecule has 0 saturated carbocycles. The molecule has 4 nitrogen and oxygen atoms in total. The number of benzene rings is 2. The molecule has 0 radical (unpaired) electrons. The first kappa shape index (κ1) is 16.9. The predicted octanol–water partition coefficient (Wildman–Crippen LogP) is 2.01. The third-order valence-electron chi connectivity index (χ3n) is 4.30. The maximum absolute atomic E-state index is 12.4. The first-order chi connectivity index (χ1) is 11.7. The zero-order valence-corrected chi connectivity index (χ0v) is 14.3. The van der Waals surface area contributed by atoms with Crippen LogP contribution in [0.2, 0.25) is 0 Å². The number of hydrogen-bond acceptors (Lipinski definition) is 3. The molecule has 3 rings (SSSR count). The second kappa shape index (κ2) is 7.73. The minimum absolute atomic E-state index is 0.00170. The molecule has 1 heterocycles. The zero-order chi connectivity index (χ0) is 16.9. The van der Waals surface area contributed by atoms with Gasteiger partial charge in [-0.3, -0.25) is 9.00 Å². The van der Waals surface area contributed by atoms with Gasteiger partial charge in [-0.05, 0) is 28.7 Å². The van der Waals surface area contributed by atoms with Crippen LogP contribution in [-0.2, 0) is 40.9 Å². The van der Waals surface area contributed by atoms with Crippen molar-refractivity contribution in [2.75, 3.05) is 12.3 Å². The van der Waals surface area contributed by atoms with Crippen molar-refractivity contribution in [3.63, 3.8) is 0 Å². The van der Waals surface area contributed by atoms with Gasteiger partial charge >= 0.3 is 0 Å². The molecule has 1 unspecified atom stereocenters. The molecule has 1 amide bonds. The maximum atomic E-state index is 12.4. The third kappa shape index (κ3) is 4.10. The van der Waals surface area contributed by atoms with Gasteiger partial charge in [0.2, 0.25) is 5.91 Å². The first-order valence-corrected chi connectivity index (χ1v) is 9.52. The van der Waals surface area contributed by atoms with E-state index >= 15 is 0 Å². The van der Waals surface area contributed by atoms with Crippen LogP contribution in [0.15, 0.2) is 48.5 Å². The topological polar surface area (TPSA) is 57.6 Å². The first-order valence-electron chi connectivity index (χ1n) is 8.04. The van der Waals surface area contributed by atoms with E-state index < -0.39 is 10.8 Å². The summed E-state index contributed by atoms with van der Waals surface area (Å²) in [6.07, 6.45) is 0.858. The molecule has 1 aliphatic heterocycles. The lowest BCUT2D eigenvalue weighted by molar-refractivity contribution is -0.129. The van der Waals surface area contributed by atoms with Crippen LogP contribution in [0.5, 0.6) is 0 Å². The molecular formula is C19H21NO3S. The molecule has 24 heavy (non-hydrogen) atoms. The predicted molar refractivity (Wildman–Crippen MR) is 94.6 cm³/mol. The Morgan fingerprint density at radius 2 is 1.71 bits per heavy atom. The molecule has 0 aliphatic carbocycles. The summed E-state index contributed by atoms with van der Waals surface area (Å²) < 4.78 is 12.3. The Morgan fingerprint density at radius 1 is 1.04 bits per heavy atom. The van der Waals surface area contributed by atoms with E-state index in [0.717, 1.165) is 17.5 Å². The van der Waals surface area contributed by atoms with E-state index in [1.807, 2.05) is 36.4 Å². The second-order valence-electron chi connectivity index (χ2n) is 6.04. The van der Waals surface area contributed by atoms with Crippen LogP contribution < -0.4 is 0 Å². The molecule has 2 aromatic rings. The number of hydrogen-bond donors (Lipinski definition) is 1. The van der Waals surface area contributed by atoms with Crippen molar-refractivity contribution < 1.29 is 14.1 Å². The van der Waals surface area contributed by atoms with Crippen LogP contribution in [0.25, 0.3) is 0 Å². The van der Waals surface area contributed by atoms with E-state index in [-0.39, 0.29) is 18.3 Å². The van der Waals surface area contributed by atoms with Gasteiger partial charge < -0.3 is 10.0 Å². The van der Waals surface area contributed by atoms with Crippen LogP contribution in [0.3, 0.4) is 0 Å². The number of rotatable bonds is 5. The van der Waals surface area contributed by atoms with E-state index in [9.17, 15) is 9.00 Å². The smallest absolute Gasteiger partial charge is 0.235 e. The minimum atomic E-state index is -1.22. The van der Waals surface area contributed by atoms with E-state index in [4.69, 9.17) is 5.11 Å². The Morgan fingerprint density at radius 3 is 2.42 bits per heavy atom. The Balaban J connectivity index is 1.55. The van der Waals surface area contributed by atoms with Gasteiger partial charge in [-0.25, -0.2) is 0 Å². The third-order valence-corrected chi connectivity index (χ3v) is 5.53. The number of aliphatic hydroxyl groups excluding tert-OH is 1. The largest absolute Gasteiger partial charge is 0.392 e. The normalized spacial score (nSPS) is 15.0. The van der Waals surface area contributed by atoms with Crippen molar-refractivity contribution >= 4 is 16.7 Å². The number of amides is 1. The Labute approximate surface area is 144 Å². The summed E-state index contributed by atoms with van der Waals surface area (Å²) in [7, 11) is -1.22. The molecule has 2 aromatic carbocycles. The van der Waals surface area contributed by atoms with Crippen LogP contribution in [-0.4, -0.2) is 32.4 Å². The molecule has 5 heteroatoms. The van der Waals surface area contributed by atoms with Crippen LogP contribution >= 0.6 is 0 Å². The fraction of sp³-hybridized carbons (Fsp3) is 0.316. The van der Waals surface area contributed by atoms with E-state index in [1.54, 1.807) is 4.90 Å². The number of aliphatic hydroxyl groups is 1. The molecule has 0 saturated heterocycles. The Kier molecular flexibility index (Phi) is 5.43.